The molecule has 1 aromatic heterocycles. The smallest absolute Gasteiger partial charge is 0.345 e. The summed E-state index contributed by atoms with van der Waals surface area (Å²) < 4.78 is 36.6. The Morgan fingerprint density at radius 2 is 1.96 bits per heavy atom. The Hall–Kier alpha value is -3.62. The topological polar surface area (TPSA) is 95.5 Å². The third-order valence-corrected chi connectivity index (χ3v) is 3.43. The Balaban J connectivity index is 1.72. The Kier molecular flexibility index (Phi) is 4.70. The zero-order valence-electron chi connectivity index (χ0n) is 13.0. The molecular weight excluding hydrogens is 350 g/mol. The van der Waals surface area contributed by atoms with Gasteiger partial charge in [0.05, 0.1) is 10.5 Å². The Morgan fingerprint density at radius 3 is 2.69 bits per heavy atom. The van der Waals surface area contributed by atoms with Crippen LogP contribution >= 0.6 is 0 Å². The molecule has 1 heterocycles. The maximum absolute atomic E-state index is 13.7. The molecule has 0 radical (unpaired) electrons. The van der Waals surface area contributed by atoms with Gasteiger partial charge in [0.15, 0.2) is 5.76 Å². The van der Waals surface area contributed by atoms with E-state index in [1.807, 2.05) is 0 Å². The first-order chi connectivity index (χ1) is 12.5. The third-order valence-electron chi connectivity index (χ3n) is 3.43. The number of halogens is 2. The molecule has 0 saturated heterocycles. The number of para-hydroxylation sites is 1. The maximum Gasteiger partial charge on any atom is 0.345 e. The highest BCUT2D eigenvalue weighted by Crippen LogP contribution is 2.25. The molecule has 0 N–H and O–H groups in total. The fraction of sp³-hybridized carbons (Fsp3) is 0.0588. The maximum atomic E-state index is 13.7. The molecule has 0 saturated carbocycles. The number of ether oxygens (including phenoxy) is 1. The van der Waals surface area contributed by atoms with Crippen LogP contribution in [-0.2, 0) is 11.3 Å². The van der Waals surface area contributed by atoms with Gasteiger partial charge in [0.25, 0.3) is 5.69 Å². The van der Waals surface area contributed by atoms with E-state index in [4.69, 9.17) is 9.26 Å². The standard InChI is InChI=1S/C17H10F2N2O5/c18-10-5-6-12(14(19)7-10)16-8-11(20-26-16)9-25-17(22)13-3-1-2-4-15(13)21(23)24/h1-8H,9H2. The molecule has 9 heteroatoms. The van der Waals surface area contributed by atoms with E-state index in [0.29, 0.717) is 6.07 Å². The number of hydrogen-bond acceptors (Lipinski definition) is 6. The van der Waals surface area contributed by atoms with Gasteiger partial charge in [-0.05, 0) is 18.2 Å². The highest BCUT2D eigenvalue weighted by Gasteiger charge is 2.21. The van der Waals surface area contributed by atoms with Crippen LogP contribution in [0.4, 0.5) is 14.5 Å². The first-order valence-electron chi connectivity index (χ1n) is 7.27. The molecule has 0 aliphatic rings. The molecule has 0 amide bonds. The van der Waals surface area contributed by atoms with Crippen molar-refractivity contribution in [3.05, 3.63) is 81.5 Å². The average Bonchev–Trinajstić information content (AvgIpc) is 3.08. The second-order valence-corrected chi connectivity index (χ2v) is 5.16. The van der Waals surface area contributed by atoms with Crippen molar-refractivity contribution in [2.45, 2.75) is 6.61 Å². The number of hydrogen-bond donors (Lipinski definition) is 0. The first kappa shape index (κ1) is 17.2. The van der Waals surface area contributed by atoms with Crippen LogP contribution in [0.5, 0.6) is 0 Å². The minimum Gasteiger partial charge on any atom is -0.455 e. The molecule has 0 atom stereocenters. The molecule has 2 aromatic carbocycles. The van der Waals surface area contributed by atoms with Crippen molar-refractivity contribution >= 4 is 11.7 Å². The van der Waals surface area contributed by atoms with E-state index in [1.165, 1.54) is 36.4 Å². The number of aromatic nitrogens is 1. The highest BCUT2D eigenvalue weighted by molar-refractivity contribution is 5.93. The molecule has 0 aliphatic carbocycles. The lowest BCUT2D eigenvalue weighted by atomic mass is 10.1. The molecule has 132 valence electrons. The van der Waals surface area contributed by atoms with Gasteiger partial charge >= 0.3 is 5.97 Å². The zero-order chi connectivity index (χ0) is 18.7. The molecule has 7 nitrogen and oxygen atoms in total. The van der Waals surface area contributed by atoms with E-state index in [9.17, 15) is 23.7 Å². The van der Waals surface area contributed by atoms with E-state index in [2.05, 4.69) is 5.16 Å². The van der Waals surface area contributed by atoms with Crippen molar-refractivity contribution in [1.29, 1.82) is 0 Å². The van der Waals surface area contributed by atoms with Crippen LogP contribution in [-0.4, -0.2) is 16.0 Å². The third kappa shape index (κ3) is 3.56. The predicted molar refractivity (Wildman–Crippen MR) is 84.1 cm³/mol. The number of rotatable bonds is 5. The van der Waals surface area contributed by atoms with Crippen LogP contribution in [0.1, 0.15) is 16.1 Å². The van der Waals surface area contributed by atoms with Gasteiger partial charge in [-0.25, -0.2) is 13.6 Å². The lowest BCUT2D eigenvalue weighted by Crippen LogP contribution is -2.08. The Morgan fingerprint density at radius 1 is 1.19 bits per heavy atom. The van der Waals surface area contributed by atoms with Crippen LogP contribution < -0.4 is 0 Å². The van der Waals surface area contributed by atoms with Crippen molar-refractivity contribution in [1.82, 2.24) is 5.16 Å². The van der Waals surface area contributed by atoms with Crippen LogP contribution in [0.3, 0.4) is 0 Å². The fourth-order valence-electron chi connectivity index (χ4n) is 2.22. The average molecular weight is 360 g/mol. The zero-order valence-corrected chi connectivity index (χ0v) is 13.0. The molecule has 0 bridgehead atoms. The minimum atomic E-state index is -0.908. The summed E-state index contributed by atoms with van der Waals surface area (Å²) in [6.45, 7) is -0.336. The fourth-order valence-corrected chi connectivity index (χ4v) is 2.22. The highest BCUT2D eigenvalue weighted by atomic mass is 19.1. The summed E-state index contributed by atoms with van der Waals surface area (Å²) >= 11 is 0. The molecule has 0 unspecified atom stereocenters. The number of nitro benzene ring substituents is 1. The van der Waals surface area contributed by atoms with Gasteiger partial charge in [0.2, 0.25) is 0 Å². The number of nitro groups is 1. The monoisotopic (exact) mass is 360 g/mol. The van der Waals surface area contributed by atoms with Crippen molar-refractivity contribution in [3.63, 3.8) is 0 Å². The summed E-state index contributed by atoms with van der Waals surface area (Å²) in [5.74, 6) is -2.44. The van der Waals surface area contributed by atoms with Gasteiger partial charge in [-0.3, -0.25) is 10.1 Å². The van der Waals surface area contributed by atoms with Crippen LogP contribution in [0.2, 0.25) is 0 Å². The second-order valence-electron chi connectivity index (χ2n) is 5.16. The van der Waals surface area contributed by atoms with E-state index in [1.54, 1.807) is 0 Å². The van der Waals surface area contributed by atoms with Gasteiger partial charge in [-0.2, -0.15) is 0 Å². The number of carbonyl (C=O) groups excluding carboxylic acids is 1. The Labute approximate surface area is 144 Å². The number of carbonyl (C=O) groups is 1. The number of benzene rings is 2. The summed E-state index contributed by atoms with van der Waals surface area (Å²) in [4.78, 5) is 22.3. The second kappa shape index (κ2) is 7.09. The summed E-state index contributed by atoms with van der Waals surface area (Å²) in [5.41, 5.74) is -0.427. The summed E-state index contributed by atoms with van der Waals surface area (Å²) in [7, 11) is 0. The quantitative estimate of drug-likeness (QED) is 0.389. The van der Waals surface area contributed by atoms with Crippen LogP contribution in [0.25, 0.3) is 11.3 Å². The van der Waals surface area contributed by atoms with Crippen molar-refractivity contribution in [2.24, 2.45) is 0 Å². The number of nitrogens with zero attached hydrogens (tertiary/aromatic N) is 2. The largest absolute Gasteiger partial charge is 0.455 e. The molecule has 3 aromatic rings. The van der Waals surface area contributed by atoms with Gasteiger partial charge < -0.3 is 9.26 Å². The van der Waals surface area contributed by atoms with Gasteiger partial charge in [-0.1, -0.05) is 17.3 Å². The molecule has 0 spiro atoms. The Bertz CT molecular complexity index is 987. The van der Waals surface area contributed by atoms with Gasteiger partial charge in [0.1, 0.15) is 29.5 Å². The van der Waals surface area contributed by atoms with Crippen molar-refractivity contribution in [2.75, 3.05) is 0 Å². The molecule has 0 fully saturated rings. The van der Waals surface area contributed by atoms with E-state index < -0.39 is 22.5 Å². The van der Waals surface area contributed by atoms with Gasteiger partial charge in [0, 0.05) is 18.2 Å². The normalized spacial score (nSPS) is 10.5. The summed E-state index contributed by atoms with van der Waals surface area (Å²) in [5, 5.41) is 14.6. The molecule has 3 rings (SSSR count). The lowest BCUT2D eigenvalue weighted by molar-refractivity contribution is -0.385. The van der Waals surface area contributed by atoms with Crippen molar-refractivity contribution in [3.8, 4) is 11.3 Å². The summed E-state index contributed by atoms with van der Waals surface area (Å²) in [6, 6.07) is 9.62. The number of esters is 1. The first-order valence-corrected chi connectivity index (χ1v) is 7.27. The SMILES string of the molecule is O=C(OCc1cc(-c2ccc(F)cc2F)on1)c1ccccc1[N+](=O)[O-]. The van der Waals surface area contributed by atoms with E-state index in [0.717, 1.165) is 6.07 Å². The van der Waals surface area contributed by atoms with Crippen LogP contribution in [0, 0.1) is 21.7 Å². The van der Waals surface area contributed by atoms with E-state index >= 15 is 0 Å². The minimum absolute atomic E-state index is 0.00447. The van der Waals surface area contributed by atoms with Gasteiger partial charge in [-0.15, -0.1) is 0 Å². The molecule has 0 aliphatic heterocycles. The van der Waals surface area contributed by atoms with Crippen molar-refractivity contribution < 1.29 is 27.8 Å². The molecular formula is C17H10F2N2O5. The predicted octanol–water partition coefficient (Wildman–Crippen LogP) is 3.89. The molecule has 26 heavy (non-hydrogen) atoms. The van der Waals surface area contributed by atoms with E-state index in [-0.39, 0.29) is 34.9 Å². The lowest BCUT2D eigenvalue weighted by Gasteiger charge is -2.03. The van der Waals surface area contributed by atoms with Crippen LogP contribution in [0.15, 0.2) is 53.1 Å². The summed E-state index contributed by atoms with van der Waals surface area (Å²) in [6.07, 6.45) is 0.